The third-order valence-electron chi connectivity index (χ3n) is 4.88. The van der Waals surface area contributed by atoms with E-state index in [1.165, 1.54) is 11.1 Å². The second kappa shape index (κ2) is 9.97. The summed E-state index contributed by atoms with van der Waals surface area (Å²) in [6.45, 7) is 5.19. The first kappa shape index (κ1) is 22.3. The highest BCUT2D eigenvalue weighted by atomic mass is 32.2. The maximum absolute atomic E-state index is 12.2. The number of hydrogen-bond donors (Lipinski definition) is 0. The van der Waals surface area contributed by atoms with Crippen LogP contribution in [-0.2, 0) is 27.5 Å². The molecule has 2 rings (SSSR count). The average Bonchev–Trinajstić information content (AvgIpc) is 2.63. The molecular formula is C23H31NO3S. The van der Waals surface area contributed by atoms with Gasteiger partial charge in [-0.3, -0.25) is 9.78 Å². The molecule has 0 atom stereocenters. The van der Waals surface area contributed by atoms with Crippen LogP contribution in [0.3, 0.4) is 0 Å². The summed E-state index contributed by atoms with van der Waals surface area (Å²) < 4.78 is 23.4. The van der Waals surface area contributed by atoms with Crippen molar-refractivity contribution in [1.82, 2.24) is 4.98 Å². The number of rotatable bonds is 10. The Balaban J connectivity index is 1.70. The fourth-order valence-corrected chi connectivity index (χ4v) is 4.12. The Hall–Kier alpha value is -2.01. The highest BCUT2D eigenvalue weighted by Crippen LogP contribution is 2.18. The number of hydrogen-bond acceptors (Lipinski definition) is 4. The highest BCUT2D eigenvalue weighted by molar-refractivity contribution is 7.92. The number of nitrogens with zero attached hydrogens (tertiary/aromatic N) is 1. The van der Waals surface area contributed by atoms with Crippen LogP contribution in [0.2, 0.25) is 0 Å². The minimum absolute atomic E-state index is 0.198. The first-order valence-corrected chi connectivity index (χ1v) is 11.5. The van der Waals surface area contributed by atoms with Crippen LogP contribution in [0, 0.1) is 0 Å². The maximum Gasteiger partial charge on any atom is 0.155 e. The zero-order chi connectivity index (χ0) is 20.6. The lowest BCUT2D eigenvalue weighted by Crippen LogP contribution is -2.30. The molecule has 0 aliphatic heterocycles. The van der Waals surface area contributed by atoms with Crippen LogP contribution < -0.4 is 0 Å². The number of Topliss-reactive ketones (excluding diaryl/α,β-unsaturated/α-hetero) is 1. The fourth-order valence-electron chi connectivity index (χ4n) is 2.92. The average molecular weight is 402 g/mol. The quantitative estimate of drug-likeness (QED) is 0.548. The van der Waals surface area contributed by atoms with E-state index in [0.717, 1.165) is 24.8 Å². The first-order chi connectivity index (χ1) is 13.2. The van der Waals surface area contributed by atoms with Crippen LogP contribution in [0.4, 0.5) is 0 Å². The van der Waals surface area contributed by atoms with E-state index in [1.54, 1.807) is 33.2 Å². The molecule has 0 N–H and O–H groups in total. The van der Waals surface area contributed by atoms with Gasteiger partial charge in [-0.15, -0.1) is 0 Å². The lowest BCUT2D eigenvalue weighted by Gasteiger charge is -2.18. The van der Waals surface area contributed by atoms with Gasteiger partial charge in [0.05, 0.1) is 10.5 Å². The first-order valence-electron chi connectivity index (χ1n) is 9.88. The molecule has 28 heavy (non-hydrogen) atoms. The van der Waals surface area contributed by atoms with Crippen LogP contribution in [0.15, 0.2) is 48.8 Å². The number of ketones is 1. The van der Waals surface area contributed by atoms with E-state index >= 15 is 0 Å². The third kappa shape index (κ3) is 7.19. The van der Waals surface area contributed by atoms with E-state index in [4.69, 9.17) is 0 Å². The summed E-state index contributed by atoms with van der Waals surface area (Å²) in [5.41, 5.74) is 3.45. The van der Waals surface area contributed by atoms with Gasteiger partial charge in [-0.25, -0.2) is 8.42 Å². The fraction of sp³-hybridized carbons (Fsp3) is 0.478. The van der Waals surface area contributed by atoms with Gasteiger partial charge in [0.2, 0.25) is 0 Å². The lowest BCUT2D eigenvalue weighted by molar-refractivity contribution is -0.118. The highest BCUT2D eigenvalue weighted by Gasteiger charge is 2.27. The van der Waals surface area contributed by atoms with Gasteiger partial charge in [0.25, 0.3) is 0 Å². The number of aromatic nitrogens is 1. The van der Waals surface area contributed by atoms with Crippen molar-refractivity contribution in [2.75, 3.05) is 5.75 Å². The van der Waals surface area contributed by atoms with Gasteiger partial charge < -0.3 is 0 Å². The molecule has 0 aliphatic rings. The zero-order valence-electron chi connectivity index (χ0n) is 17.1. The number of unbranched alkanes of at least 4 members (excludes halogenated alkanes) is 2. The molecule has 0 radical (unpaired) electrons. The predicted molar refractivity (Wildman–Crippen MR) is 114 cm³/mol. The van der Waals surface area contributed by atoms with Crippen LogP contribution in [0.1, 0.15) is 63.1 Å². The monoisotopic (exact) mass is 401 g/mol. The molecule has 0 fully saturated rings. The summed E-state index contributed by atoms with van der Waals surface area (Å²) in [6.07, 6.45) is 7.53. The molecule has 0 spiro atoms. The van der Waals surface area contributed by atoms with Gasteiger partial charge in [0, 0.05) is 25.2 Å². The summed E-state index contributed by atoms with van der Waals surface area (Å²) in [5, 5.41) is 0. The summed E-state index contributed by atoms with van der Waals surface area (Å²) in [4.78, 5) is 16.2. The van der Waals surface area contributed by atoms with Gasteiger partial charge in [0.15, 0.2) is 9.84 Å². The molecule has 0 aliphatic carbocycles. The number of pyridine rings is 1. The molecule has 4 nitrogen and oxygen atoms in total. The lowest BCUT2D eigenvalue weighted by atomic mass is 10.0. The van der Waals surface area contributed by atoms with E-state index in [1.807, 2.05) is 24.3 Å². The molecule has 0 saturated carbocycles. The molecule has 1 aromatic heterocycles. The van der Waals surface area contributed by atoms with Crippen molar-refractivity contribution >= 4 is 15.6 Å². The normalized spacial score (nSPS) is 12.1. The summed E-state index contributed by atoms with van der Waals surface area (Å²) >= 11 is 0. The van der Waals surface area contributed by atoms with Gasteiger partial charge in [-0.05, 0) is 68.9 Å². The van der Waals surface area contributed by atoms with Crippen molar-refractivity contribution < 1.29 is 13.2 Å². The molecule has 0 bridgehead atoms. The van der Waals surface area contributed by atoms with E-state index in [-0.39, 0.29) is 11.5 Å². The number of benzene rings is 1. The van der Waals surface area contributed by atoms with Crippen molar-refractivity contribution in [3.05, 3.63) is 65.5 Å². The van der Waals surface area contributed by atoms with Crippen molar-refractivity contribution in [2.24, 2.45) is 0 Å². The van der Waals surface area contributed by atoms with E-state index in [2.05, 4.69) is 17.1 Å². The molecule has 1 aromatic carbocycles. The van der Waals surface area contributed by atoms with Crippen LogP contribution >= 0.6 is 0 Å². The molecule has 0 unspecified atom stereocenters. The minimum atomic E-state index is -3.06. The summed E-state index contributed by atoms with van der Waals surface area (Å²) in [5.74, 6) is 0.407. The van der Waals surface area contributed by atoms with Gasteiger partial charge >= 0.3 is 0 Å². The van der Waals surface area contributed by atoms with Gasteiger partial charge in [-0.1, -0.05) is 30.7 Å². The molecular weight excluding hydrogens is 370 g/mol. The number of sulfone groups is 1. The van der Waals surface area contributed by atoms with E-state index < -0.39 is 14.6 Å². The smallest absolute Gasteiger partial charge is 0.155 e. The predicted octanol–water partition coefficient (Wildman–Crippen LogP) is 4.56. The van der Waals surface area contributed by atoms with Crippen LogP contribution in [0.5, 0.6) is 0 Å². The third-order valence-corrected chi connectivity index (χ3v) is 7.58. The maximum atomic E-state index is 12.2. The molecule has 2 aromatic rings. The van der Waals surface area contributed by atoms with Crippen molar-refractivity contribution in [3.63, 3.8) is 0 Å². The molecule has 5 heteroatoms. The Kier molecular flexibility index (Phi) is 7.93. The van der Waals surface area contributed by atoms with E-state index in [0.29, 0.717) is 19.3 Å². The Morgan fingerprint density at radius 2 is 1.43 bits per heavy atom. The van der Waals surface area contributed by atoms with Crippen LogP contribution in [-0.4, -0.2) is 29.7 Å². The summed E-state index contributed by atoms with van der Waals surface area (Å²) in [6, 6.07) is 12.2. The largest absolute Gasteiger partial charge is 0.299 e. The SMILES string of the molecule is CC(C)(C)S(=O)(=O)CCCCCC(=O)Cc1ccc(Cc2ccncc2)cc1. The minimum Gasteiger partial charge on any atom is -0.299 e. The standard InChI is InChI=1S/C23H31NO3S/c1-23(2,3)28(26,27)16-6-4-5-7-22(25)18-20-10-8-19(9-11-20)17-21-12-14-24-15-13-21/h8-15H,4-7,16-18H2,1-3H3. The van der Waals surface area contributed by atoms with Crippen molar-refractivity contribution in [1.29, 1.82) is 0 Å². The Bertz CT molecular complexity index is 851. The Labute approximate surface area is 169 Å². The summed E-state index contributed by atoms with van der Waals surface area (Å²) in [7, 11) is -3.06. The van der Waals surface area contributed by atoms with Crippen molar-refractivity contribution in [3.8, 4) is 0 Å². The molecule has 0 amide bonds. The van der Waals surface area contributed by atoms with Crippen LogP contribution in [0.25, 0.3) is 0 Å². The second-order valence-electron chi connectivity index (χ2n) is 8.31. The zero-order valence-corrected chi connectivity index (χ0v) is 18.0. The number of carbonyl (C=O) groups is 1. The molecule has 152 valence electrons. The topological polar surface area (TPSA) is 64.1 Å². The Morgan fingerprint density at radius 3 is 2.04 bits per heavy atom. The van der Waals surface area contributed by atoms with Crippen molar-refractivity contribution in [2.45, 2.75) is 64.0 Å². The second-order valence-corrected chi connectivity index (χ2v) is 11.2. The molecule has 1 heterocycles. The number of carbonyl (C=O) groups excluding carboxylic acids is 1. The Morgan fingerprint density at radius 1 is 0.857 bits per heavy atom. The molecule has 0 saturated heterocycles. The van der Waals surface area contributed by atoms with E-state index in [9.17, 15) is 13.2 Å². The van der Waals surface area contributed by atoms with Gasteiger partial charge in [-0.2, -0.15) is 0 Å². The van der Waals surface area contributed by atoms with Gasteiger partial charge in [0.1, 0.15) is 5.78 Å².